The molecule has 0 aromatic heterocycles. The summed E-state index contributed by atoms with van der Waals surface area (Å²) in [4.78, 5) is 15.8. The fourth-order valence-electron chi connectivity index (χ4n) is 6.30. The molecule has 4 aliphatic rings. The van der Waals surface area contributed by atoms with Crippen LogP contribution < -0.4 is 15.4 Å². The molecule has 0 radical (unpaired) electrons. The van der Waals surface area contributed by atoms with Gasteiger partial charge in [0, 0.05) is 59.8 Å². The Morgan fingerprint density at radius 2 is 2.00 bits per heavy atom. The number of benzene rings is 1. The first kappa shape index (κ1) is 29.3. The van der Waals surface area contributed by atoms with Gasteiger partial charge < -0.3 is 25.0 Å². The number of hydrogen-bond donors (Lipinski definition) is 2. The number of nitrogens with one attached hydrogen (secondary N) is 2. The van der Waals surface area contributed by atoms with Gasteiger partial charge in [0.25, 0.3) is 6.43 Å². The molecule has 2 N–H and O–H groups in total. The van der Waals surface area contributed by atoms with Gasteiger partial charge in [0.05, 0.1) is 12.6 Å². The second kappa shape index (κ2) is 11.6. The van der Waals surface area contributed by atoms with Crippen LogP contribution >= 0.6 is 0 Å². The molecule has 1 unspecified atom stereocenters. The van der Waals surface area contributed by atoms with Crippen LogP contribution in [0.1, 0.15) is 58.6 Å². The molecule has 1 aromatic rings. The summed E-state index contributed by atoms with van der Waals surface area (Å²) in [6, 6.07) is 3.89. The van der Waals surface area contributed by atoms with Crippen molar-refractivity contribution in [2.45, 2.75) is 83.7 Å². The van der Waals surface area contributed by atoms with Crippen LogP contribution in [0.4, 0.5) is 28.0 Å². The van der Waals surface area contributed by atoms with Crippen molar-refractivity contribution in [1.29, 1.82) is 0 Å². The smallest absolute Gasteiger partial charge is 0.410 e. The van der Waals surface area contributed by atoms with Crippen molar-refractivity contribution < 1.29 is 31.8 Å². The molecule has 4 atom stereocenters. The first-order valence-electron chi connectivity index (χ1n) is 14.1. The Balaban J connectivity index is 1.43. The third-order valence-electron chi connectivity index (χ3n) is 7.97. The number of hydrogen-bond acceptors (Lipinski definition) is 6. The van der Waals surface area contributed by atoms with E-state index in [4.69, 9.17) is 9.47 Å². The van der Waals surface area contributed by atoms with Gasteiger partial charge >= 0.3 is 12.7 Å². The molecule has 1 aromatic carbocycles. The molecule has 7 nitrogen and oxygen atoms in total. The van der Waals surface area contributed by atoms with Crippen LogP contribution in [-0.2, 0) is 4.74 Å². The van der Waals surface area contributed by atoms with Crippen molar-refractivity contribution in [3.8, 4) is 5.75 Å². The predicted molar refractivity (Wildman–Crippen MR) is 148 cm³/mol. The van der Waals surface area contributed by atoms with Crippen LogP contribution in [0.2, 0.25) is 0 Å². The first-order chi connectivity index (χ1) is 19.4. The van der Waals surface area contributed by atoms with E-state index in [-0.39, 0.29) is 23.8 Å². The molecule has 3 heterocycles. The number of halogens is 4. The molecule has 224 valence electrons. The largest absolute Gasteiger partial charge is 0.444 e. The van der Waals surface area contributed by atoms with E-state index in [1.165, 1.54) is 6.07 Å². The molecule has 1 fully saturated rings. The Bertz CT molecular complexity index is 1240. The molecule has 11 heteroatoms. The Labute approximate surface area is 238 Å². The summed E-state index contributed by atoms with van der Waals surface area (Å²) < 4.78 is 65.5. The lowest BCUT2D eigenvalue weighted by molar-refractivity contribution is -0.0516. The summed E-state index contributed by atoms with van der Waals surface area (Å²) in [7, 11) is 0. The highest BCUT2D eigenvalue weighted by Crippen LogP contribution is 2.49. The van der Waals surface area contributed by atoms with E-state index in [0.29, 0.717) is 37.2 Å². The van der Waals surface area contributed by atoms with E-state index in [2.05, 4.69) is 16.7 Å². The van der Waals surface area contributed by atoms with Crippen molar-refractivity contribution in [3.63, 3.8) is 0 Å². The van der Waals surface area contributed by atoms with Crippen LogP contribution in [-0.4, -0.2) is 66.2 Å². The number of carbonyl (C=O) groups is 1. The Hall–Kier alpha value is -3.21. The number of carbonyl (C=O) groups excluding carboxylic acids is 1. The molecule has 3 aliphatic heterocycles. The van der Waals surface area contributed by atoms with Crippen LogP contribution in [0, 0.1) is 5.92 Å². The zero-order valence-electron chi connectivity index (χ0n) is 23.8. The van der Waals surface area contributed by atoms with Gasteiger partial charge in [-0.25, -0.2) is 13.6 Å². The molecule has 1 saturated heterocycles. The fraction of sp³-hybridized carbons (Fsp3) is 0.567. The van der Waals surface area contributed by atoms with E-state index in [9.17, 15) is 22.4 Å². The fourth-order valence-corrected chi connectivity index (χ4v) is 6.30. The molecule has 0 saturated carbocycles. The number of nitrogens with zero attached hydrogens (tertiary/aromatic N) is 2. The summed E-state index contributed by atoms with van der Waals surface area (Å²) in [5.74, 6) is 0.0605. The van der Waals surface area contributed by atoms with Gasteiger partial charge in [-0.3, -0.25) is 4.90 Å². The number of likely N-dealkylation sites (tertiary alicyclic amines) is 1. The zero-order chi connectivity index (χ0) is 29.5. The van der Waals surface area contributed by atoms with Crippen LogP contribution in [0.15, 0.2) is 53.4 Å². The van der Waals surface area contributed by atoms with E-state index >= 15 is 0 Å². The monoisotopic (exact) mass is 578 g/mol. The second-order valence-electron chi connectivity index (χ2n) is 12.1. The number of rotatable bonds is 7. The van der Waals surface area contributed by atoms with Gasteiger partial charge in [-0.2, -0.15) is 8.78 Å². The average molecular weight is 579 g/mol. The van der Waals surface area contributed by atoms with Crippen molar-refractivity contribution >= 4 is 11.8 Å². The molecule has 1 amide bonds. The number of anilines is 1. The highest BCUT2D eigenvalue weighted by atomic mass is 19.3. The van der Waals surface area contributed by atoms with Gasteiger partial charge in [-0.15, -0.1) is 0 Å². The average Bonchev–Trinajstić information content (AvgIpc) is 3.48. The van der Waals surface area contributed by atoms with E-state index in [1.54, 1.807) is 42.7 Å². The maximum absolute atomic E-state index is 13.8. The maximum atomic E-state index is 13.8. The SMILES string of the molecule is C[C@@H]1CC2=C(NC3=CC=CCC32)[C@@H](c2ccc(N[C@H]3CCN(C(=O)OC(C)(C)C)C3)cc2OC(F)F)N1CC(F)F. The van der Waals surface area contributed by atoms with Gasteiger partial charge in [-0.1, -0.05) is 18.2 Å². The van der Waals surface area contributed by atoms with Crippen molar-refractivity contribution in [2.75, 3.05) is 25.0 Å². The molecule has 0 bridgehead atoms. The van der Waals surface area contributed by atoms with E-state index < -0.39 is 37.3 Å². The minimum absolute atomic E-state index is 0.0685. The highest BCUT2D eigenvalue weighted by molar-refractivity contribution is 5.69. The second-order valence-corrected chi connectivity index (χ2v) is 12.1. The molecule has 1 aliphatic carbocycles. The standard InChI is InChI=1S/C30H38F4N4O3/c1-17-13-22-20-7-5-6-8-23(20)36-26(22)27(38(17)16-25(31)32)21-10-9-18(14-24(21)40-28(33)34)35-19-11-12-37(15-19)29(39)41-30(2,3)4/h5-6,8-10,14,17,19-20,25,27-28,35-36H,7,11-13,15-16H2,1-4H3/t17-,19+,20?,27-/m1/s1. The molecular formula is C30H38F4N4O3. The molecular weight excluding hydrogens is 540 g/mol. The normalized spacial score (nSPS) is 26.2. The summed E-state index contributed by atoms with van der Waals surface area (Å²) in [6.07, 6.45) is 5.10. The summed E-state index contributed by atoms with van der Waals surface area (Å²) in [5, 5.41) is 6.77. The van der Waals surface area contributed by atoms with E-state index in [1.807, 2.05) is 19.1 Å². The summed E-state index contributed by atoms with van der Waals surface area (Å²) in [6.45, 7) is 4.63. The van der Waals surface area contributed by atoms with Crippen LogP contribution in [0.5, 0.6) is 5.75 Å². The lowest BCUT2D eigenvalue weighted by Crippen LogP contribution is -2.45. The minimum Gasteiger partial charge on any atom is -0.444 e. The first-order valence-corrected chi connectivity index (χ1v) is 14.1. The van der Waals surface area contributed by atoms with Crippen molar-refractivity contribution in [1.82, 2.24) is 15.1 Å². The number of alkyl halides is 4. The maximum Gasteiger partial charge on any atom is 0.410 e. The van der Waals surface area contributed by atoms with Crippen molar-refractivity contribution in [2.24, 2.45) is 5.92 Å². The van der Waals surface area contributed by atoms with Gasteiger partial charge in [0.15, 0.2) is 0 Å². The Kier molecular flexibility index (Phi) is 8.27. The van der Waals surface area contributed by atoms with Crippen molar-refractivity contribution in [3.05, 3.63) is 59.0 Å². The summed E-state index contributed by atoms with van der Waals surface area (Å²) >= 11 is 0. The molecule has 41 heavy (non-hydrogen) atoms. The third-order valence-corrected chi connectivity index (χ3v) is 7.97. The van der Waals surface area contributed by atoms with Crippen LogP contribution in [0.3, 0.4) is 0 Å². The van der Waals surface area contributed by atoms with Crippen LogP contribution in [0.25, 0.3) is 0 Å². The number of fused-ring (bicyclic) bond motifs is 2. The van der Waals surface area contributed by atoms with Gasteiger partial charge in [0.1, 0.15) is 11.4 Å². The van der Waals surface area contributed by atoms with Gasteiger partial charge in [-0.05, 0) is 64.7 Å². The predicted octanol–water partition coefficient (Wildman–Crippen LogP) is 6.43. The Morgan fingerprint density at radius 3 is 2.71 bits per heavy atom. The zero-order valence-corrected chi connectivity index (χ0v) is 23.8. The Morgan fingerprint density at radius 1 is 1.22 bits per heavy atom. The number of ether oxygens (including phenoxy) is 2. The highest BCUT2D eigenvalue weighted by Gasteiger charge is 2.44. The topological polar surface area (TPSA) is 66.1 Å². The summed E-state index contributed by atoms with van der Waals surface area (Å²) in [5.41, 5.74) is 3.23. The van der Waals surface area contributed by atoms with Gasteiger partial charge in [0.2, 0.25) is 0 Å². The van der Waals surface area contributed by atoms with E-state index in [0.717, 1.165) is 23.4 Å². The third kappa shape index (κ3) is 6.50. The minimum atomic E-state index is -3.10. The number of amides is 1. The number of allylic oxidation sites excluding steroid dienone is 4. The lowest BCUT2D eigenvalue weighted by Gasteiger charge is -2.42. The lowest BCUT2D eigenvalue weighted by atomic mass is 9.82. The molecule has 0 spiro atoms. The quantitative estimate of drug-likeness (QED) is 0.364. The molecule has 5 rings (SSSR count).